The molecule has 3 rings (SSSR count). The fourth-order valence-corrected chi connectivity index (χ4v) is 5.77. The molecule has 0 aliphatic rings. The topological polar surface area (TPSA) is 288 Å². The molecule has 0 saturated heterocycles. The van der Waals surface area contributed by atoms with Gasteiger partial charge >= 0.3 is 0 Å². The predicted octanol–water partition coefficient (Wildman–Crippen LogP) is 1.41. The lowest BCUT2D eigenvalue weighted by Crippen LogP contribution is -2.59. The van der Waals surface area contributed by atoms with Crippen LogP contribution < -0.4 is 49.9 Å². The maximum Gasteiger partial charge on any atom is 0.244 e. The highest BCUT2D eigenvalue weighted by molar-refractivity contribution is 6.30. The summed E-state index contributed by atoms with van der Waals surface area (Å²) in [5.74, 6) is -4.43. The van der Waals surface area contributed by atoms with Crippen molar-refractivity contribution < 1.29 is 28.4 Å². The van der Waals surface area contributed by atoms with Crippen LogP contribution in [0.25, 0.3) is 6.08 Å². The number of nitrogens with one attached hydrogen (secondary N) is 4. The Labute approximate surface area is 341 Å². The van der Waals surface area contributed by atoms with Gasteiger partial charge in [0, 0.05) is 30.5 Å². The minimum absolute atomic E-state index is 0.0652. The molecule has 14 N–H and O–H groups in total. The summed E-state index contributed by atoms with van der Waals surface area (Å²) in [5.41, 5.74) is 29.6. The fraction of sp³-hybridized carbons (Fsp3) is 0.325. The number of carbonyl (C=O) groups is 5. The molecule has 16 nitrogen and oxygen atoms in total. The molecule has 0 radical (unpaired) electrons. The molecule has 18 heteroatoms. The lowest BCUT2D eigenvalue weighted by molar-refractivity contribution is -0.134. The monoisotopic (exact) mass is 819 g/mol. The smallest absolute Gasteiger partial charge is 0.244 e. The maximum atomic E-state index is 14.2. The van der Waals surface area contributed by atoms with Gasteiger partial charge in [-0.3, -0.25) is 29.0 Å². The SMILES string of the molecule is CC(C)C[C@H](NC(=O)[C@H](Cc1ccc(N=C(N)N)cc1)NC(=O)[C@H](Cc1ccc(F)cc1)NC(=O)/C=C/c1ccc(Cl)cc1)C(=O)N[C@@H](CCCN=C(N)N)C(N)=O. The molecule has 3 aromatic carbocycles. The minimum Gasteiger partial charge on any atom is -0.370 e. The highest BCUT2D eigenvalue weighted by atomic mass is 35.5. The number of nitrogens with two attached hydrogens (primary N) is 5. The summed E-state index contributed by atoms with van der Waals surface area (Å²) in [6.07, 6.45) is 3.26. The zero-order valence-corrected chi connectivity index (χ0v) is 33.0. The van der Waals surface area contributed by atoms with Crippen molar-refractivity contribution in [1.82, 2.24) is 21.3 Å². The van der Waals surface area contributed by atoms with E-state index in [9.17, 15) is 28.4 Å². The molecule has 0 heterocycles. The summed E-state index contributed by atoms with van der Waals surface area (Å²) in [4.78, 5) is 75.2. The van der Waals surface area contributed by atoms with Crippen molar-refractivity contribution in [3.63, 3.8) is 0 Å². The van der Waals surface area contributed by atoms with E-state index >= 15 is 0 Å². The Kier molecular flexibility index (Phi) is 18.1. The van der Waals surface area contributed by atoms with Gasteiger partial charge in [0.2, 0.25) is 29.5 Å². The predicted molar refractivity (Wildman–Crippen MR) is 222 cm³/mol. The number of carbonyl (C=O) groups excluding carboxylic acids is 5. The van der Waals surface area contributed by atoms with Crippen LogP contribution in [0.4, 0.5) is 10.1 Å². The van der Waals surface area contributed by atoms with Crippen LogP contribution in [0, 0.1) is 11.7 Å². The number of nitrogens with zero attached hydrogens (tertiary/aromatic N) is 2. The van der Waals surface area contributed by atoms with E-state index in [4.69, 9.17) is 40.3 Å². The number of primary amides is 1. The first-order valence-corrected chi connectivity index (χ1v) is 18.8. The van der Waals surface area contributed by atoms with Crippen molar-refractivity contribution in [1.29, 1.82) is 0 Å². The lowest BCUT2D eigenvalue weighted by Gasteiger charge is -2.27. The molecule has 0 aromatic heterocycles. The summed E-state index contributed by atoms with van der Waals surface area (Å²) in [6.45, 7) is 3.88. The van der Waals surface area contributed by atoms with Gasteiger partial charge in [0.15, 0.2) is 11.9 Å². The second-order valence-corrected chi connectivity index (χ2v) is 14.3. The molecular weight excluding hydrogens is 769 g/mol. The van der Waals surface area contributed by atoms with Crippen LogP contribution in [0.15, 0.2) is 88.9 Å². The van der Waals surface area contributed by atoms with E-state index in [0.29, 0.717) is 33.8 Å². The second kappa shape index (κ2) is 22.9. The zero-order valence-electron chi connectivity index (χ0n) is 32.3. The number of halogens is 2. The standard InChI is InChI=1S/C40H51ClFN11O5/c1-23(2)20-31(36(56)51-30(35(43)55)4-3-19-48-39(44)45)52-38(58)33(22-26-9-16-29(17-10-26)49-40(46)47)53-37(57)32(21-25-7-14-28(42)15-8-25)50-34(54)18-11-24-5-12-27(41)13-6-24/h5-18,23,30-33H,3-4,19-22H2,1-2H3,(H2,43,55)(H,50,54)(H,51,56)(H,52,58)(H,53,57)(H4,44,45,48)(H4,46,47,49)/b18-11+/t30-,31-,32-,33-/m0/s1. The Morgan fingerprint density at radius 3 is 1.74 bits per heavy atom. The maximum absolute atomic E-state index is 14.2. The Morgan fingerprint density at radius 1 is 0.690 bits per heavy atom. The molecule has 4 atom stereocenters. The highest BCUT2D eigenvalue weighted by Crippen LogP contribution is 2.16. The fourth-order valence-electron chi connectivity index (χ4n) is 5.64. The zero-order chi connectivity index (χ0) is 42.8. The van der Waals surface area contributed by atoms with Gasteiger partial charge in [-0.05, 0) is 84.3 Å². The summed E-state index contributed by atoms with van der Waals surface area (Å²) in [7, 11) is 0. The summed E-state index contributed by atoms with van der Waals surface area (Å²) in [6, 6.07) is 13.9. The molecule has 0 aliphatic carbocycles. The highest BCUT2D eigenvalue weighted by Gasteiger charge is 2.31. The quantitative estimate of drug-likeness (QED) is 0.0325. The third kappa shape index (κ3) is 16.7. The van der Waals surface area contributed by atoms with Crippen LogP contribution in [0.1, 0.15) is 49.8 Å². The Bertz CT molecular complexity index is 1950. The van der Waals surface area contributed by atoms with Gasteiger partial charge in [0.1, 0.15) is 30.0 Å². The Balaban J connectivity index is 1.92. The first-order valence-electron chi connectivity index (χ1n) is 18.4. The molecule has 0 spiro atoms. The van der Waals surface area contributed by atoms with E-state index in [1.165, 1.54) is 36.4 Å². The number of guanidine groups is 2. The number of amides is 5. The molecule has 0 fully saturated rings. The van der Waals surface area contributed by atoms with Crippen molar-refractivity contribution in [3.8, 4) is 0 Å². The van der Waals surface area contributed by atoms with E-state index in [-0.39, 0.29) is 50.1 Å². The van der Waals surface area contributed by atoms with Crippen LogP contribution in [-0.2, 0) is 36.8 Å². The van der Waals surface area contributed by atoms with E-state index in [1.807, 2.05) is 13.8 Å². The molecule has 0 bridgehead atoms. The molecule has 0 unspecified atom stereocenters. The minimum atomic E-state index is -1.30. The first kappa shape index (κ1) is 45.9. The number of hydrogen-bond donors (Lipinski definition) is 9. The van der Waals surface area contributed by atoms with Gasteiger partial charge in [-0.15, -0.1) is 0 Å². The molecular formula is C40H51ClFN11O5. The van der Waals surface area contributed by atoms with E-state index in [1.54, 1.807) is 48.5 Å². The Hall–Kier alpha value is -6.49. The molecule has 0 saturated carbocycles. The molecule has 58 heavy (non-hydrogen) atoms. The third-order valence-electron chi connectivity index (χ3n) is 8.50. The van der Waals surface area contributed by atoms with E-state index in [2.05, 4.69) is 31.3 Å². The van der Waals surface area contributed by atoms with Crippen LogP contribution >= 0.6 is 11.6 Å². The summed E-state index contributed by atoms with van der Waals surface area (Å²) in [5, 5.41) is 11.3. The number of rotatable bonds is 21. The average Bonchev–Trinajstić information content (AvgIpc) is 3.15. The number of benzene rings is 3. The van der Waals surface area contributed by atoms with Crippen molar-refractivity contribution >= 4 is 64.8 Å². The molecule has 310 valence electrons. The molecule has 3 aromatic rings. The van der Waals surface area contributed by atoms with Crippen molar-refractivity contribution in [2.75, 3.05) is 6.54 Å². The van der Waals surface area contributed by atoms with Crippen LogP contribution in [-0.4, -0.2) is 72.2 Å². The largest absolute Gasteiger partial charge is 0.370 e. The van der Waals surface area contributed by atoms with Crippen molar-refractivity contribution in [2.24, 2.45) is 44.6 Å². The van der Waals surface area contributed by atoms with Crippen LogP contribution in [0.3, 0.4) is 0 Å². The van der Waals surface area contributed by atoms with Crippen LogP contribution in [0.2, 0.25) is 5.02 Å². The summed E-state index contributed by atoms with van der Waals surface area (Å²) >= 11 is 5.97. The van der Waals surface area contributed by atoms with E-state index in [0.717, 1.165) is 0 Å². The van der Waals surface area contributed by atoms with E-state index < -0.39 is 59.5 Å². The van der Waals surface area contributed by atoms with Gasteiger partial charge in [-0.1, -0.05) is 61.8 Å². The van der Waals surface area contributed by atoms with Gasteiger partial charge in [0.25, 0.3) is 0 Å². The van der Waals surface area contributed by atoms with Gasteiger partial charge in [0.05, 0.1) is 5.69 Å². The average molecular weight is 820 g/mol. The number of aliphatic imine (C=N–C) groups is 2. The second-order valence-electron chi connectivity index (χ2n) is 13.8. The normalized spacial score (nSPS) is 13.1. The van der Waals surface area contributed by atoms with Gasteiger partial charge in [-0.2, -0.15) is 0 Å². The first-order chi connectivity index (χ1) is 27.5. The third-order valence-corrected chi connectivity index (χ3v) is 8.75. The van der Waals surface area contributed by atoms with Crippen molar-refractivity contribution in [3.05, 3.63) is 106 Å². The summed E-state index contributed by atoms with van der Waals surface area (Å²) < 4.78 is 13.8. The van der Waals surface area contributed by atoms with Gasteiger partial charge in [-0.25, -0.2) is 9.38 Å². The lowest BCUT2D eigenvalue weighted by atomic mass is 9.99. The Morgan fingerprint density at radius 2 is 1.21 bits per heavy atom. The molecule has 0 aliphatic heterocycles. The molecule has 5 amide bonds. The van der Waals surface area contributed by atoms with Gasteiger partial charge < -0.3 is 49.9 Å². The van der Waals surface area contributed by atoms with Crippen molar-refractivity contribution in [2.45, 2.75) is 70.1 Å². The number of hydrogen-bond acceptors (Lipinski definition) is 7. The van der Waals surface area contributed by atoms with Crippen LogP contribution in [0.5, 0.6) is 0 Å².